The Morgan fingerprint density at radius 3 is 1.83 bits per heavy atom. The minimum absolute atomic E-state index is 0.245. The average molecular weight is 411 g/mol. The number of hydrogen-bond acceptors (Lipinski definition) is 2. The van der Waals surface area contributed by atoms with E-state index in [4.69, 9.17) is 0 Å². The monoisotopic (exact) mass is 410 g/mol. The van der Waals surface area contributed by atoms with Gasteiger partial charge in [0.05, 0.1) is 0 Å². The second-order valence-electron chi connectivity index (χ2n) is 7.95. The van der Waals surface area contributed by atoms with Gasteiger partial charge in [0.2, 0.25) is 0 Å². The van der Waals surface area contributed by atoms with Gasteiger partial charge in [-0.3, -0.25) is 4.79 Å². The summed E-state index contributed by atoms with van der Waals surface area (Å²) in [6.45, 7) is 2.28. The van der Waals surface area contributed by atoms with Gasteiger partial charge in [0, 0.05) is 17.2 Å². The zero-order valence-electron chi connectivity index (χ0n) is 18.2. The molecule has 0 spiro atoms. The molecule has 0 fully saturated rings. The van der Waals surface area contributed by atoms with E-state index in [0.717, 1.165) is 11.3 Å². The Kier molecular flexibility index (Phi) is 12.5. The highest BCUT2D eigenvalue weighted by molar-refractivity contribution is 7.99. The van der Waals surface area contributed by atoms with Crippen LogP contribution >= 0.6 is 11.8 Å². The third-order valence-electron chi connectivity index (χ3n) is 5.45. The topological polar surface area (TPSA) is 17.1 Å². The first-order chi connectivity index (χ1) is 14.3. The molecule has 0 saturated heterocycles. The molecule has 2 rings (SSSR count). The first kappa shape index (κ1) is 23.7. The predicted molar refractivity (Wildman–Crippen MR) is 129 cm³/mol. The van der Waals surface area contributed by atoms with E-state index >= 15 is 0 Å². The zero-order valence-corrected chi connectivity index (χ0v) is 19.0. The summed E-state index contributed by atoms with van der Waals surface area (Å²) in [5, 5.41) is 0.252. The molecule has 0 amide bonds. The van der Waals surface area contributed by atoms with Crippen molar-refractivity contribution in [3.05, 3.63) is 71.8 Å². The maximum Gasteiger partial charge on any atom is 0.164 e. The van der Waals surface area contributed by atoms with Crippen molar-refractivity contribution in [1.82, 2.24) is 0 Å². The lowest BCUT2D eigenvalue weighted by Gasteiger charge is -2.16. The van der Waals surface area contributed by atoms with E-state index in [2.05, 4.69) is 31.2 Å². The summed E-state index contributed by atoms with van der Waals surface area (Å²) in [7, 11) is 0. The van der Waals surface area contributed by atoms with Crippen molar-refractivity contribution in [2.24, 2.45) is 0 Å². The highest BCUT2D eigenvalue weighted by atomic mass is 32.2. The van der Waals surface area contributed by atoms with Gasteiger partial charge in [0.1, 0.15) is 0 Å². The van der Waals surface area contributed by atoms with Gasteiger partial charge in [0.25, 0.3) is 0 Å². The van der Waals surface area contributed by atoms with Crippen LogP contribution in [0, 0.1) is 0 Å². The van der Waals surface area contributed by atoms with Gasteiger partial charge >= 0.3 is 0 Å². The highest BCUT2D eigenvalue weighted by Crippen LogP contribution is 2.34. The van der Waals surface area contributed by atoms with Crippen LogP contribution in [0.1, 0.15) is 98.7 Å². The van der Waals surface area contributed by atoms with E-state index in [1.54, 1.807) is 0 Å². The van der Waals surface area contributed by atoms with E-state index in [9.17, 15) is 4.79 Å². The molecule has 0 aliphatic heterocycles. The fourth-order valence-corrected chi connectivity index (χ4v) is 4.94. The first-order valence-corrected chi connectivity index (χ1v) is 12.6. The molecule has 0 saturated carbocycles. The van der Waals surface area contributed by atoms with Gasteiger partial charge in [-0.2, -0.15) is 11.8 Å². The van der Waals surface area contributed by atoms with Crippen LogP contribution in [0.2, 0.25) is 0 Å². The average Bonchev–Trinajstić information content (AvgIpc) is 2.77. The smallest absolute Gasteiger partial charge is 0.164 e. The van der Waals surface area contributed by atoms with Crippen LogP contribution in [-0.4, -0.2) is 11.5 Å². The summed E-state index contributed by atoms with van der Waals surface area (Å²) in [4.78, 5) is 12.7. The molecule has 0 aromatic heterocycles. The Labute approximate surface area is 182 Å². The summed E-state index contributed by atoms with van der Waals surface area (Å²) >= 11 is 1.95. The molecule has 0 aliphatic carbocycles. The molecule has 0 bridgehead atoms. The van der Waals surface area contributed by atoms with Crippen LogP contribution in [0.3, 0.4) is 0 Å². The van der Waals surface area contributed by atoms with Crippen molar-refractivity contribution in [2.45, 2.75) is 82.8 Å². The van der Waals surface area contributed by atoms with Crippen molar-refractivity contribution >= 4 is 17.5 Å². The van der Waals surface area contributed by atoms with E-state index in [0.29, 0.717) is 6.42 Å². The Balaban J connectivity index is 1.68. The normalized spacial score (nSPS) is 12.0. The third-order valence-corrected chi connectivity index (χ3v) is 6.82. The van der Waals surface area contributed by atoms with E-state index < -0.39 is 0 Å². The summed E-state index contributed by atoms with van der Waals surface area (Å²) < 4.78 is 0. The molecule has 0 aliphatic rings. The Morgan fingerprint density at radius 2 is 1.24 bits per heavy atom. The van der Waals surface area contributed by atoms with Crippen LogP contribution < -0.4 is 0 Å². The van der Waals surface area contributed by atoms with E-state index in [1.165, 1.54) is 69.8 Å². The second kappa shape index (κ2) is 15.3. The van der Waals surface area contributed by atoms with Crippen molar-refractivity contribution < 1.29 is 4.79 Å². The van der Waals surface area contributed by atoms with Crippen LogP contribution in [0.25, 0.3) is 0 Å². The molecule has 1 atom stereocenters. The lowest BCUT2D eigenvalue weighted by molar-refractivity contribution is 0.0982. The number of thioether (sulfide) groups is 1. The SMILES string of the molecule is CCCCCCCCCCCCSC(CC(=O)c1ccccc1)c1ccccc1. The third kappa shape index (κ3) is 10.2. The number of benzene rings is 2. The maximum absolute atomic E-state index is 12.7. The van der Waals surface area contributed by atoms with E-state index in [1.807, 2.05) is 48.2 Å². The second-order valence-corrected chi connectivity index (χ2v) is 9.26. The number of ketones is 1. The van der Waals surface area contributed by atoms with Gasteiger partial charge in [-0.05, 0) is 17.7 Å². The maximum atomic E-state index is 12.7. The fraction of sp³-hybridized carbons (Fsp3) is 0.519. The fourth-order valence-electron chi connectivity index (χ4n) is 3.67. The Bertz CT molecular complexity index is 653. The van der Waals surface area contributed by atoms with Crippen molar-refractivity contribution in [2.75, 3.05) is 5.75 Å². The molecule has 2 aromatic rings. The molecule has 2 heteroatoms. The molecule has 0 radical (unpaired) electrons. The summed E-state index contributed by atoms with van der Waals surface area (Å²) in [6, 6.07) is 20.2. The van der Waals surface area contributed by atoms with Crippen LogP contribution in [-0.2, 0) is 0 Å². The molecule has 158 valence electrons. The van der Waals surface area contributed by atoms with Gasteiger partial charge in [-0.25, -0.2) is 0 Å². The molecular weight excluding hydrogens is 372 g/mol. The molecule has 0 N–H and O–H groups in total. The largest absolute Gasteiger partial charge is 0.294 e. The number of carbonyl (C=O) groups is 1. The Morgan fingerprint density at radius 1 is 0.724 bits per heavy atom. The summed E-state index contributed by atoms with van der Waals surface area (Å²) in [5.74, 6) is 1.38. The number of unbranched alkanes of at least 4 members (excludes halogenated alkanes) is 9. The standard InChI is InChI=1S/C27H38OS/c1-2-3-4-5-6-7-8-9-10-17-22-29-27(25-20-15-12-16-21-25)23-26(28)24-18-13-11-14-19-24/h11-16,18-21,27H,2-10,17,22-23H2,1H3. The minimum Gasteiger partial charge on any atom is -0.294 e. The van der Waals surface area contributed by atoms with Gasteiger partial charge in [0.15, 0.2) is 5.78 Å². The van der Waals surface area contributed by atoms with Gasteiger partial charge in [-0.15, -0.1) is 0 Å². The van der Waals surface area contributed by atoms with Crippen molar-refractivity contribution in [1.29, 1.82) is 0 Å². The molecular formula is C27H38OS. The number of carbonyl (C=O) groups excluding carboxylic acids is 1. The number of rotatable bonds is 16. The van der Waals surface area contributed by atoms with E-state index in [-0.39, 0.29) is 11.0 Å². The van der Waals surface area contributed by atoms with Crippen LogP contribution in [0.4, 0.5) is 0 Å². The number of hydrogen-bond donors (Lipinski definition) is 0. The predicted octanol–water partition coefficient (Wildman–Crippen LogP) is 8.65. The molecule has 1 unspecified atom stereocenters. The quantitative estimate of drug-likeness (QED) is 0.203. The lowest BCUT2D eigenvalue weighted by Crippen LogP contribution is -2.06. The summed E-state index contributed by atoms with van der Waals surface area (Å²) in [6.07, 6.45) is 14.2. The number of Topliss-reactive ketones (excluding diaryl/α,β-unsaturated/α-hetero) is 1. The minimum atomic E-state index is 0.245. The Hall–Kier alpha value is -1.54. The first-order valence-electron chi connectivity index (χ1n) is 11.6. The van der Waals surface area contributed by atoms with Crippen molar-refractivity contribution in [3.8, 4) is 0 Å². The zero-order chi connectivity index (χ0) is 20.6. The lowest BCUT2D eigenvalue weighted by atomic mass is 10.0. The summed E-state index contributed by atoms with van der Waals surface area (Å²) in [5.41, 5.74) is 2.10. The van der Waals surface area contributed by atoms with Crippen LogP contribution in [0.15, 0.2) is 60.7 Å². The molecule has 2 aromatic carbocycles. The highest BCUT2D eigenvalue weighted by Gasteiger charge is 2.17. The van der Waals surface area contributed by atoms with Gasteiger partial charge < -0.3 is 0 Å². The molecule has 29 heavy (non-hydrogen) atoms. The van der Waals surface area contributed by atoms with Crippen LogP contribution in [0.5, 0.6) is 0 Å². The molecule has 0 heterocycles. The molecule has 1 nitrogen and oxygen atoms in total. The van der Waals surface area contributed by atoms with Crippen molar-refractivity contribution in [3.63, 3.8) is 0 Å². The van der Waals surface area contributed by atoms with Gasteiger partial charge in [-0.1, -0.05) is 125 Å².